The minimum absolute atomic E-state index is 0.0336. The molecule has 1 atom stereocenters. The predicted molar refractivity (Wildman–Crippen MR) is 76.7 cm³/mol. The molecule has 0 fully saturated rings. The monoisotopic (exact) mass is 295 g/mol. The molecular weight excluding hydrogens is 282 g/mol. The van der Waals surface area contributed by atoms with Gasteiger partial charge in [0.1, 0.15) is 10.8 Å². The van der Waals surface area contributed by atoms with Crippen LogP contribution in [-0.2, 0) is 6.42 Å². The molecule has 0 radical (unpaired) electrons. The average Bonchev–Trinajstić information content (AvgIpc) is 2.74. The van der Waals surface area contributed by atoms with Gasteiger partial charge in [-0.05, 0) is 26.0 Å². The number of aryl methyl sites for hydroxylation is 1. The fraction of sp³-hybridized carbons (Fsp3) is 0.308. The third-order valence-electron chi connectivity index (χ3n) is 2.52. The van der Waals surface area contributed by atoms with Crippen LogP contribution in [0.5, 0.6) is 0 Å². The molecule has 1 unspecified atom stereocenters. The van der Waals surface area contributed by atoms with E-state index in [4.69, 9.17) is 11.6 Å². The quantitative estimate of drug-likeness (QED) is 0.943. The summed E-state index contributed by atoms with van der Waals surface area (Å²) in [6, 6.07) is 4.20. The molecule has 0 bridgehead atoms. The summed E-state index contributed by atoms with van der Waals surface area (Å²) in [6.07, 6.45) is 3.61. The van der Waals surface area contributed by atoms with Crippen molar-refractivity contribution in [1.29, 1.82) is 0 Å². The van der Waals surface area contributed by atoms with Crippen LogP contribution in [0.25, 0.3) is 0 Å². The second-order valence-corrected chi connectivity index (χ2v) is 6.08. The SMILES string of the molecule is Cc1ccc(CC(C)NC(=O)c2cncc(Cl)n2)s1. The van der Waals surface area contributed by atoms with Crippen molar-refractivity contribution < 1.29 is 4.79 Å². The van der Waals surface area contributed by atoms with Crippen molar-refractivity contribution in [3.05, 3.63) is 45.1 Å². The van der Waals surface area contributed by atoms with Crippen molar-refractivity contribution >= 4 is 28.8 Å². The van der Waals surface area contributed by atoms with Crippen LogP contribution < -0.4 is 5.32 Å². The van der Waals surface area contributed by atoms with Gasteiger partial charge in [-0.2, -0.15) is 0 Å². The van der Waals surface area contributed by atoms with E-state index >= 15 is 0 Å². The van der Waals surface area contributed by atoms with E-state index in [1.165, 1.54) is 22.1 Å². The van der Waals surface area contributed by atoms with Crippen LogP contribution >= 0.6 is 22.9 Å². The van der Waals surface area contributed by atoms with Crippen LogP contribution in [0.1, 0.15) is 27.2 Å². The van der Waals surface area contributed by atoms with Gasteiger partial charge >= 0.3 is 0 Å². The summed E-state index contributed by atoms with van der Waals surface area (Å²) in [7, 11) is 0. The van der Waals surface area contributed by atoms with Crippen molar-refractivity contribution in [2.45, 2.75) is 26.3 Å². The Labute approximate surface area is 120 Å². The Morgan fingerprint density at radius 3 is 2.89 bits per heavy atom. The maximum absolute atomic E-state index is 11.9. The Bertz CT molecular complexity index is 585. The van der Waals surface area contributed by atoms with Gasteiger partial charge in [0.2, 0.25) is 0 Å². The summed E-state index contributed by atoms with van der Waals surface area (Å²) in [6.45, 7) is 4.03. The van der Waals surface area contributed by atoms with E-state index in [1.807, 2.05) is 6.92 Å². The topological polar surface area (TPSA) is 54.9 Å². The van der Waals surface area contributed by atoms with Crippen molar-refractivity contribution in [3.8, 4) is 0 Å². The molecule has 2 aromatic rings. The molecule has 19 heavy (non-hydrogen) atoms. The molecule has 0 aliphatic heterocycles. The summed E-state index contributed by atoms with van der Waals surface area (Å²) in [5.41, 5.74) is 0.238. The van der Waals surface area contributed by atoms with Gasteiger partial charge in [0.15, 0.2) is 0 Å². The van der Waals surface area contributed by atoms with Gasteiger partial charge in [-0.25, -0.2) is 4.98 Å². The van der Waals surface area contributed by atoms with E-state index in [9.17, 15) is 4.79 Å². The van der Waals surface area contributed by atoms with E-state index in [2.05, 4.69) is 34.3 Å². The molecule has 0 aliphatic carbocycles. The Morgan fingerprint density at radius 1 is 1.47 bits per heavy atom. The maximum Gasteiger partial charge on any atom is 0.271 e. The molecule has 2 heterocycles. The molecule has 100 valence electrons. The van der Waals surface area contributed by atoms with E-state index in [1.54, 1.807) is 11.3 Å². The molecule has 2 aromatic heterocycles. The van der Waals surface area contributed by atoms with Crippen LogP contribution in [0, 0.1) is 6.92 Å². The first-order valence-electron chi connectivity index (χ1n) is 5.88. The summed E-state index contributed by atoms with van der Waals surface area (Å²) in [5.74, 6) is -0.254. The smallest absolute Gasteiger partial charge is 0.271 e. The van der Waals surface area contributed by atoms with E-state index in [0.29, 0.717) is 0 Å². The van der Waals surface area contributed by atoms with Crippen LogP contribution in [0.4, 0.5) is 0 Å². The first kappa shape index (κ1) is 14.0. The van der Waals surface area contributed by atoms with Crippen molar-refractivity contribution in [2.24, 2.45) is 0 Å². The summed E-state index contributed by atoms with van der Waals surface area (Å²) in [4.78, 5) is 22.2. The van der Waals surface area contributed by atoms with Gasteiger partial charge in [-0.15, -0.1) is 11.3 Å². The second-order valence-electron chi connectivity index (χ2n) is 4.32. The fourth-order valence-corrected chi connectivity index (χ4v) is 2.86. The summed E-state index contributed by atoms with van der Waals surface area (Å²) >= 11 is 7.45. The first-order chi connectivity index (χ1) is 9.04. The van der Waals surface area contributed by atoms with Gasteiger partial charge in [-0.1, -0.05) is 11.6 Å². The van der Waals surface area contributed by atoms with Gasteiger partial charge in [0.25, 0.3) is 5.91 Å². The molecule has 4 nitrogen and oxygen atoms in total. The normalized spacial score (nSPS) is 12.2. The number of rotatable bonds is 4. The molecule has 2 rings (SSSR count). The number of thiophene rings is 1. The number of halogens is 1. The minimum Gasteiger partial charge on any atom is -0.348 e. The Morgan fingerprint density at radius 2 is 2.26 bits per heavy atom. The lowest BCUT2D eigenvalue weighted by atomic mass is 10.2. The summed E-state index contributed by atoms with van der Waals surface area (Å²) < 4.78 is 0. The zero-order chi connectivity index (χ0) is 13.8. The number of amides is 1. The van der Waals surface area contributed by atoms with Crippen molar-refractivity contribution in [3.63, 3.8) is 0 Å². The molecule has 0 aliphatic rings. The molecule has 1 N–H and O–H groups in total. The van der Waals surface area contributed by atoms with Crippen LogP contribution in [0.3, 0.4) is 0 Å². The first-order valence-corrected chi connectivity index (χ1v) is 7.08. The third-order valence-corrected chi connectivity index (χ3v) is 3.72. The highest BCUT2D eigenvalue weighted by Gasteiger charge is 2.13. The number of aromatic nitrogens is 2. The average molecular weight is 296 g/mol. The van der Waals surface area contributed by atoms with Crippen molar-refractivity contribution in [1.82, 2.24) is 15.3 Å². The van der Waals surface area contributed by atoms with E-state index in [-0.39, 0.29) is 22.8 Å². The third kappa shape index (κ3) is 4.01. The lowest BCUT2D eigenvalue weighted by Gasteiger charge is -2.12. The Kier molecular flexibility index (Phi) is 4.50. The molecular formula is C13H14ClN3OS. The Hall–Kier alpha value is -1.46. The molecule has 0 saturated carbocycles. The van der Waals surface area contributed by atoms with Gasteiger partial charge < -0.3 is 5.32 Å². The fourth-order valence-electron chi connectivity index (χ4n) is 1.70. The Balaban J connectivity index is 1.95. The van der Waals surface area contributed by atoms with E-state index < -0.39 is 0 Å². The van der Waals surface area contributed by atoms with Crippen LogP contribution in [-0.4, -0.2) is 21.9 Å². The number of nitrogens with one attached hydrogen (secondary N) is 1. The van der Waals surface area contributed by atoms with Gasteiger partial charge in [0, 0.05) is 22.2 Å². The number of carbonyl (C=O) groups is 1. The number of hydrogen-bond acceptors (Lipinski definition) is 4. The van der Waals surface area contributed by atoms with Gasteiger partial charge in [0.05, 0.1) is 12.4 Å². The van der Waals surface area contributed by atoms with E-state index in [0.717, 1.165) is 6.42 Å². The molecule has 0 aromatic carbocycles. The lowest BCUT2D eigenvalue weighted by molar-refractivity contribution is 0.0935. The zero-order valence-electron chi connectivity index (χ0n) is 10.7. The molecule has 6 heteroatoms. The lowest BCUT2D eigenvalue weighted by Crippen LogP contribution is -2.34. The number of hydrogen-bond donors (Lipinski definition) is 1. The standard InChI is InChI=1S/C13H14ClN3OS/c1-8(5-10-4-3-9(2)19-10)16-13(18)11-6-15-7-12(14)17-11/h3-4,6-8H,5H2,1-2H3,(H,16,18). The molecule has 0 spiro atoms. The second kappa shape index (κ2) is 6.12. The highest BCUT2D eigenvalue weighted by molar-refractivity contribution is 7.11. The minimum atomic E-state index is -0.254. The summed E-state index contributed by atoms with van der Waals surface area (Å²) in [5, 5.41) is 3.10. The van der Waals surface area contributed by atoms with Crippen molar-refractivity contribution in [2.75, 3.05) is 0 Å². The highest BCUT2D eigenvalue weighted by atomic mass is 35.5. The maximum atomic E-state index is 11.9. The predicted octanol–water partition coefficient (Wildman–Crippen LogP) is 2.86. The molecule has 0 saturated heterocycles. The van der Waals surface area contributed by atoms with Crippen LogP contribution in [0.15, 0.2) is 24.5 Å². The number of carbonyl (C=O) groups excluding carboxylic acids is 1. The van der Waals surface area contributed by atoms with Crippen LogP contribution in [0.2, 0.25) is 5.15 Å². The van der Waals surface area contributed by atoms with Gasteiger partial charge in [-0.3, -0.25) is 9.78 Å². The number of nitrogens with zero attached hydrogens (tertiary/aromatic N) is 2. The largest absolute Gasteiger partial charge is 0.348 e. The highest BCUT2D eigenvalue weighted by Crippen LogP contribution is 2.16. The zero-order valence-corrected chi connectivity index (χ0v) is 12.3. The molecule has 1 amide bonds.